The molecule has 116 valence electrons. The molecule has 3 rings (SSSR count). The molecule has 3 aromatic rings. The van der Waals surface area contributed by atoms with Gasteiger partial charge in [-0.15, -0.1) is 0 Å². The van der Waals surface area contributed by atoms with Crippen LogP contribution in [0, 0.1) is 21.7 Å². The van der Waals surface area contributed by atoms with Gasteiger partial charge in [0.2, 0.25) is 5.82 Å². The number of nitro groups is 1. The number of nitrogens with zero attached hydrogens (tertiary/aromatic N) is 2. The quantitative estimate of drug-likeness (QED) is 0.550. The lowest BCUT2D eigenvalue weighted by Gasteiger charge is -2.10. The number of nitrogens with one attached hydrogen (secondary N) is 1. The maximum absolute atomic E-state index is 14.0. The zero-order valence-electron chi connectivity index (χ0n) is 11.4. The molecule has 0 fully saturated rings. The molecular formula is C15H8ClF2N3O2. The molecule has 0 atom stereocenters. The fraction of sp³-hybridized carbons (Fsp3) is 0. The Hall–Kier alpha value is -2.80. The number of aromatic nitrogens is 1. The topological polar surface area (TPSA) is 68.1 Å². The molecule has 0 radical (unpaired) electrons. The zero-order valence-corrected chi connectivity index (χ0v) is 12.1. The number of anilines is 2. The molecule has 0 saturated carbocycles. The van der Waals surface area contributed by atoms with E-state index in [1.54, 1.807) is 6.07 Å². The van der Waals surface area contributed by atoms with Crippen LogP contribution in [0.25, 0.3) is 10.8 Å². The lowest BCUT2D eigenvalue weighted by Crippen LogP contribution is -2.00. The van der Waals surface area contributed by atoms with Crippen LogP contribution < -0.4 is 5.32 Å². The molecule has 8 heteroatoms. The Morgan fingerprint density at radius 1 is 1.13 bits per heavy atom. The van der Waals surface area contributed by atoms with E-state index in [-0.39, 0.29) is 21.9 Å². The maximum atomic E-state index is 14.0. The maximum Gasteiger partial charge on any atom is 0.312 e. The summed E-state index contributed by atoms with van der Waals surface area (Å²) >= 11 is 5.71. The Labute approximate surface area is 133 Å². The van der Waals surface area contributed by atoms with Gasteiger partial charge in [0, 0.05) is 11.6 Å². The first-order chi connectivity index (χ1) is 11.0. The van der Waals surface area contributed by atoms with E-state index < -0.39 is 22.2 Å². The van der Waals surface area contributed by atoms with E-state index in [1.165, 1.54) is 30.5 Å². The van der Waals surface area contributed by atoms with Crippen LogP contribution in [0.4, 0.5) is 26.0 Å². The van der Waals surface area contributed by atoms with E-state index in [2.05, 4.69) is 10.3 Å². The van der Waals surface area contributed by atoms with Crippen molar-refractivity contribution in [3.8, 4) is 0 Å². The minimum absolute atomic E-state index is 0.0597. The monoisotopic (exact) mass is 335 g/mol. The molecule has 0 aliphatic carbocycles. The predicted octanol–water partition coefficient (Wildman–Crippen LogP) is 4.82. The number of pyridine rings is 1. The number of nitro benzene ring substituents is 1. The highest BCUT2D eigenvalue weighted by molar-refractivity contribution is 6.31. The molecule has 0 bridgehead atoms. The highest BCUT2D eigenvalue weighted by atomic mass is 35.5. The molecule has 0 spiro atoms. The van der Waals surface area contributed by atoms with Gasteiger partial charge in [-0.1, -0.05) is 17.7 Å². The molecule has 1 aromatic heterocycles. The fourth-order valence-corrected chi connectivity index (χ4v) is 2.40. The summed E-state index contributed by atoms with van der Waals surface area (Å²) in [4.78, 5) is 14.3. The second kappa shape index (κ2) is 5.77. The van der Waals surface area contributed by atoms with Gasteiger partial charge in [0.05, 0.1) is 21.0 Å². The first-order valence-corrected chi connectivity index (χ1v) is 6.79. The van der Waals surface area contributed by atoms with Gasteiger partial charge in [-0.3, -0.25) is 10.1 Å². The summed E-state index contributed by atoms with van der Waals surface area (Å²) in [6.45, 7) is 0. The van der Waals surface area contributed by atoms with Gasteiger partial charge in [0.25, 0.3) is 0 Å². The van der Waals surface area contributed by atoms with Gasteiger partial charge in [-0.25, -0.2) is 9.37 Å². The van der Waals surface area contributed by atoms with Crippen molar-refractivity contribution < 1.29 is 13.7 Å². The second-order valence-corrected chi connectivity index (χ2v) is 5.04. The van der Waals surface area contributed by atoms with Crippen LogP contribution in [0.2, 0.25) is 5.02 Å². The van der Waals surface area contributed by atoms with Crippen molar-refractivity contribution in [1.29, 1.82) is 0 Å². The molecule has 0 saturated heterocycles. The van der Waals surface area contributed by atoms with Crippen molar-refractivity contribution in [2.45, 2.75) is 0 Å². The van der Waals surface area contributed by atoms with Gasteiger partial charge < -0.3 is 5.32 Å². The summed E-state index contributed by atoms with van der Waals surface area (Å²) in [6, 6.07) is 8.02. The second-order valence-electron chi connectivity index (χ2n) is 4.63. The van der Waals surface area contributed by atoms with Crippen molar-refractivity contribution >= 4 is 39.6 Å². The number of hydrogen-bond donors (Lipinski definition) is 1. The van der Waals surface area contributed by atoms with Crippen LogP contribution in [-0.4, -0.2) is 9.91 Å². The molecule has 2 aromatic carbocycles. The third-order valence-corrected chi connectivity index (χ3v) is 3.55. The summed E-state index contributed by atoms with van der Waals surface area (Å²) in [5.41, 5.74) is -0.594. The van der Waals surface area contributed by atoms with Crippen molar-refractivity contribution in [1.82, 2.24) is 4.98 Å². The van der Waals surface area contributed by atoms with Crippen LogP contribution >= 0.6 is 11.6 Å². The summed E-state index contributed by atoms with van der Waals surface area (Å²) in [5.74, 6) is -1.47. The van der Waals surface area contributed by atoms with E-state index in [0.29, 0.717) is 5.39 Å². The SMILES string of the molecule is O=[N+]([O-])c1c(F)ccc2c(Nc3cccc(Cl)c3F)nccc12. The molecule has 0 unspecified atom stereocenters. The first kappa shape index (κ1) is 15.1. The fourth-order valence-electron chi connectivity index (χ4n) is 2.23. The minimum atomic E-state index is -0.950. The normalized spacial score (nSPS) is 10.7. The number of hydrogen-bond acceptors (Lipinski definition) is 4. The van der Waals surface area contributed by atoms with Crippen LogP contribution in [0.5, 0.6) is 0 Å². The van der Waals surface area contributed by atoms with E-state index in [9.17, 15) is 18.9 Å². The Morgan fingerprint density at radius 3 is 2.65 bits per heavy atom. The van der Waals surface area contributed by atoms with E-state index >= 15 is 0 Å². The summed E-state index contributed by atoms with van der Waals surface area (Å²) in [6.07, 6.45) is 1.28. The third-order valence-electron chi connectivity index (χ3n) is 3.26. The Bertz CT molecular complexity index is 934. The Kier molecular flexibility index (Phi) is 3.79. The van der Waals surface area contributed by atoms with Crippen molar-refractivity contribution in [3.05, 3.63) is 69.4 Å². The number of fused-ring (bicyclic) bond motifs is 1. The van der Waals surface area contributed by atoms with E-state index in [4.69, 9.17) is 11.6 Å². The number of halogens is 3. The largest absolute Gasteiger partial charge is 0.337 e. The molecule has 1 heterocycles. The standard InChI is InChI=1S/C15H8ClF2N3O2/c16-10-2-1-3-12(13(10)18)20-15-9-4-5-11(17)14(21(22)23)8(9)6-7-19-15/h1-7H,(H,19,20). The van der Waals surface area contributed by atoms with E-state index in [1.807, 2.05) is 0 Å². The van der Waals surface area contributed by atoms with Gasteiger partial charge in [0.1, 0.15) is 5.82 Å². The van der Waals surface area contributed by atoms with Crippen molar-refractivity contribution in [2.75, 3.05) is 5.32 Å². The zero-order chi connectivity index (χ0) is 16.6. The minimum Gasteiger partial charge on any atom is -0.337 e. The highest BCUT2D eigenvalue weighted by Gasteiger charge is 2.20. The lowest BCUT2D eigenvalue weighted by atomic mass is 10.1. The first-order valence-electron chi connectivity index (χ1n) is 6.41. The van der Waals surface area contributed by atoms with Gasteiger partial charge in [0.15, 0.2) is 5.82 Å². The molecule has 0 amide bonds. The molecule has 5 nitrogen and oxygen atoms in total. The van der Waals surface area contributed by atoms with Crippen molar-refractivity contribution in [2.24, 2.45) is 0 Å². The molecule has 0 aliphatic heterocycles. The summed E-state index contributed by atoms with van der Waals surface area (Å²) in [7, 11) is 0. The van der Waals surface area contributed by atoms with Crippen LogP contribution in [0.3, 0.4) is 0 Å². The van der Waals surface area contributed by atoms with Gasteiger partial charge >= 0.3 is 5.69 Å². The van der Waals surface area contributed by atoms with Crippen LogP contribution in [-0.2, 0) is 0 Å². The smallest absolute Gasteiger partial charge is 0.312 e. The molecule has 0 aliphatic rings. The molecule has 1 N–H and O–H groups in total. The van der Waals surface area contributed by atoms with Crippen LogP contribution in [0.15, 0.2) is 42.6 Å². The predicted molar refractivity (Wildman–Crippen MR) is 83.0 cm³/mol. The average molecular weight is 336 g/mol. The Morgan fingerprint density at radius 2 is 1.91 bits per heavy atom. The average Bonchev–Trinajstić information content (AvgIpc) is 2.51. The highest BCUT2D eigenvalue weighted by Crippen LogP contribution is 2.33. The number of benzene rings is 2. The van der Waals surface area contributed by atoms with Crippen molar-refractivity contribution in [3.63, 3.8) is 0 Å². The molecule has 23 heavy (non-hydrogen) atoms. The summed E-state index contributed by atoms with van der Waals surface area (Å²) in [5, 5.41) is 14.1. The third kappa shape index (κ3) is 2.66. The number of rotatable bonds is 3. The van der Waals surface area contributed by atoms with Gasteiger partial charge in [-0.2, -0.15) is 4.39 Å². The summed E-state index contributed by atoms with van der Waals surface area (Å²) < 4.78 is 27.7. The molecular weight excluding hydrogens is 328 g/mol. The van der Waals surface area contributed by atoms with Gasteiger partial charge in [-0.05, 0) is 30.3 Å². The lowest BCUT2D eigenvalue weighted by molar-refractivity contribution is -0.385. The van der Waals surface area contributed by atoms with Crippen LogP contribution in [0.1, 0.15) is 0 Å². The van der Waals surface area contributed by atoms with E-state index in [0.717, 1.165) is 6.07 Å². The Balaban J connectivity index is 2.18.